The summed E-state index contributed by atoms with van der Waals surface area (Å²) in [6.45, 7) is 12.7. The molecular formula is C22H47N5. The molecule has 4 heterocycles. The molecule has 5 nitrogen and oxygen atoms in total. The third-order valence-electron chi connectivity index (χ3n) is 7.02. The Morgan fingerprint density at radius 3 is 1.30 bits per heavy atom. The number of piperidine rings is 3. The zero-order chi connectivity index (χ0) is 19.5. The van der Waals surface area contributed by atoms with Gasteiger partial charge in [0, 0.05) is 26.2 Å². The fraction of sp³-hybridized carbons (Fsp3) is 1.00. The zero-order valence-electron chi connectivity index (χ0n) is 18.8. The summed E-state index contributed by atoms with van der Waals surface area (Å²) in [7, 11) is 8.78. The smallest absolute Gasteiger partial charge is 0.0107 e. The predicted octanol–water partition coefficient (Wildman–Crippen LogP) is 2.05. The molecule has 0 saturated carbocycles. The first-order chi connectivity index (χ1) is 13.0. The van der Waals surface area contributed by atoms with E-state index in [1.54, 1.807) is 0 Å². The molecule has 27 heavy (non-hydrogen) atoms. The molecule has 0 aromatic carbocycles. The summed E-state index contributed by atoms with van der Waals surface area (Å²) in [6, 6.07) is 0. The van der Waals surface area contributed by atoms with Gasteiger partial charge in [-0.3, -0.25) is 0 Å². The van der Waals surface area contributed by atoms with Crippen LogP contribution in [0.1, 0.15) is 44.9 Å². The lowest BCUT2D eigenvalue weighted by Crippen LogP contribution is -2.44. The van der Waals surface area contributed by atoms with E-state index in [2.05, 4.69) is 53.1 Å². The third kappa shape index (κ3) is 9.23. The second-order valence-electron chi connectivity index (χ2n) is 9.52. The minimum absolute atomic E-state index is 0.734. The van der Waals surface area contributed by atoms with Crippen molar-refractivity contribution in [2.24, 2.45) is 5.41 Å². The Labute approximate surface area is 169 Å². The molecule has 1 N–H and O–H groups in total. The van der Waals surface area contributed by atoms with Crippen molar-refractivity contribution < 1.29 is 0 Å². The van der Waals surface area contributed by atoms with E-state index in [9.17, 15) is 0 Å². The molecule has 4 saturated heterocycles. The monoisotopic (exact) mass is 381 g/mol. The molecule has 0 atom stereocenters. The normalized spacial score (nSPS) is 28.0. The van der Waals surface area contributed by atoms with Gasteiger partial charge in [0.2, 0.25) is 0 Å². The van der Waals surface area contributed by atoms with E-state index < -0.39 is 0 Å². The van der Waals surface area contributed by atoms with E-state index in [1.807, 2.05) is 0 Å². The Morgan fingerprint density at radius 2 is 0.889 bits per heavy atom. The molecule has 0 aromatic heterocycles. The number of likely N-dealkylation sites (tertiary alicyclic amines) is 2. The zero-order valence-corrected chi connectivity index (χ0v) is 18.8. The van der Waals surface area contributed by atoms with Gasteiger partial charge in [0.05, 0.1) is 0 Å². The van der Waals surface area contributed by atoms with Crippen LogP contribution in [-0.2, 0) is 0 Å². The summed E-state index contributed by atoms with van der Waals surface area (Å²) in [5.74, 6) is 0. The van der Waals surface area contributed by atoms with Crippen LogP contribution in [0.3, 0.4) is 0 Å². The quantitative estimate of drug-likeness (QED) is 0.692. The highest BCUT2D eigenvalue weighted by molar-refractivity contribution is 4.88. The van der Waals surface area contributed by atoms with Gasteiger partial charge in [-0.15, -0.1) is 0 Å². The summed E-state index contributed by atoms with van der Waals surface area (Å²) in [5, 5.41) is 3.45. The van der Waals surface area contributed by atoms with Gasteiger partial charge in [0.15, 0.2) is 0 Å². The van der Waals surface area contributed by atoms with Gasteiger partial charge in [-0.05, 0) is 111 Å². The number of nitrogens with zero attached hydrogens (tertiary/aromatic N) is 4. The van der Waals surface area contributed by atoms with Crippen LogP contribution in [0.5, 0.6) is 0 Å². The number of piperazine rings is 1. The number of hydrogen-bond donors (Lipinski definition) is 1. The number of nitrogens with one attached hydrogen (secondary N) is 1. The third-order valence-corrected chi connectivity index (χ3v) is 7.02. The molecule has 1 spiro atoms. The van der Waals surface area contributed by atoms with Crippen LogP contribution in [0.2, 0.25) is 0 Å². The average molecular weight is 382 g/mol. The van der Waals surface area contributed by atoms with E-state index in [0.29, 0.717) is 0 Å². The fourth-order valence-corrected chi connectivity index (χ4v) is 4.51. The first kappa shape index (κ1) is 23.1. The van der Waals surface area contributed by atoms with Crippen LogP contribution < -0.4 is 5.32 Å². The van der Waals surface area contributed by atoms with Crippen LogP contribution in [0.15, 0.2) is 0 Å². The van der Waals surface area contributed by atoms with Crippen LogP contribution in [0.25, 0.3) is 0 Å². The van der Waals surface area contributed by atoms with E-state index >= 15 is 0 Å². The summed E-state index contributed by atoms with van der Waals surface area (Å²) >= 11 is 0. The maximum atomic E-state index is 3.45. The Kier molecular flexibility index (Phi) is 10.6. The van der Waals surface area contributed by atoms with E-state index in [1.165, 1.54) is 110 Å². The van der Waals surface area contributed by atoms with Crippen molar-refractivity contribution in [3.63, 3.8) is 0 Å². The van der Waals surface area contributed by atoms with Gasteiger partial charge in [-0.1, -0.05) is 6.42 Å². The highest BCUT2D eigenvalue weighted by atomic mass is 15.2. The molecule has 0 radical (unpaired) electrons. The Balaban J connectivity index is 0.000000153. The van der Waals surface area contributed by atoms with E-state index in [0.717, 1.165) is 5.41 Å². The minimum atomic E-state index is 0.734. The maximum absolute atomic E-state index is 3.45. The van der Waals surface area contributed by atoms with Crippen molar-refractivity contribution in [2.75, 3.05) is 93.6 Å². The molecule has 0 aromatic rings. The molecule has 4 aliphatic rings. The lowest BCUT2D eigenvalue weighted by atomic mass is 9.72. The van der Waals surface area contributed by atoms with Crippen molar-refractivity contribution in [1.82, 2.24) is 24.9 Å². The van der Waals surface area contributed by atoms with Gasteiger partial charge in [-0.25, -0.2) is 0 Å². The molecule has 160 valence electrons. The predicted molar refractivity (Wildman–Crippen MR) is 118 cm³/mol. The molecule has 4 rings (SSSR count). The fourth-order valence-electron chi connectivity index (χ4n) is 4.51. The number of rotatable bonds is 0. The van der Waals surface area contributed by atoms with Crippen molar-refractivity contribution >= 4 is 0 Å². The van der Waals surface area contributed by atoms with Crippen molar-refractivity contribution in [1.29, 1.82) is 0 Å². The molecule has 0 unspecified atom stereocenters. The largest absolute Gasteiger partial charge is 0.317 e. The second-order valence-corrected chi connectivity index (χ2v) is 9.52. The Morgan fingerprint density at radius 1 is 0.481 bits per heavy atom. The van der Waals surface area contributed by atoms with Crippen LogP contribution >= 0.6 is 0 Å². The molecule has 0 amide bonds. The second kappa shape index (κ2) is 12.4. The lowest BCUT2D eigenvalue weighted by Gasteiger charge is -2.43. The topological polar surface area (TPSA) is 25.0 Å². The lowest BCUT2D eigenvalue weighted by molar-refractivity contribution is 0.0876. The van der Waals surface area contributed by atoms with E-state index in [4.69, 9.17) is 0 Å². The molecule has 4 aliphatic heterocycles. The van der Waals surface area contributed by atoms with Crippen molar-refractivity contribution in [3.8, 4) is 0 Å². The number of likely N-dealkylation sites (N-methyl/N-ethyl adjacent to an activating group) is 2. The van der Waals surface area contributed by atoms with Gasteiger partial charge in [-0.2, -0.15) is 0 Å². The minimum Gasteiger partial charge on any atom is -0.317 e. The standard InChI is InChI=1S/C10H20N2.C6H14N2.C6H13N/c1-12-8-4-10(5-9-12)2-6-11-7-3-10;1-7-3-5-8(2)6-4-7;1-7-5-3-2-4-6-7/h11H,2-9H2,1H3;3-6H2,1-2H3;2-6H2,1H3. The van der Waals surface area contributed by atoms with Crippen molar-refractivity contribution in [3.05, 3.63) is 0 Å². The summed E-state index contributed by atoms with van der Waals surface area (Å²) in [5.41, 5.74) is 0.734. The molecular weight excluding hydrogens is 334 g/mol. The van der Waals surface area contributed by atoms with Crippen molar-refractivity contribution in [2.45, 2.75) is 44.9 Å². The Bertz CT molecular complexity index is 349. The number of hydrogen-bond acceptors (Lipinski definition) is 5. The maximum Gasteiger partial charge on any atom is 0.0107 e. The van der Waals surface area contributed by atoms with Crippen LogP contribution in [-0.4, -0.2) is 113 Å². The first-order valence-corrected chi connectivity index (χ1v) is 11.4. The highest BCUT2D eigenvalue weighted by Gasteiger charge is 2.34. The van der Waals surface area contributed by atoms with E-state index in [-0.39, 0.29) is 0 Å². The first-order valence-electron chi connectivity index (χ1n) is 11.4. The molecule has 5 heteroatoms. The molecule has 0 aliphatic carbocycles. The van der Waals surface area contributed by atoms with Gasteiger partial charge in [0.25, 0.3) is 0 Å². The molecule has 0 bridgehead atoms. The molecule has 4 fully saturated rings. The summed E-state index contributed by atoms with van der Waals surface area (Å²) in [4.78, 5) is 9.58. The highest BCUT2D eigenvalue weighted by Crippen LogP contribution is 2.38. The van der Waals surface area contributed by atoms with Gasteiger partial charge in [0.1, 0.15) is 0 Å². The van der Waals surface area contributed by atoms with Gasteiger partial charge < -0.3 is 24.9 Å². The Hall–Kier alpha value is -0.200. The van der Waals surface area contributed by atoms with Crippen LogP contribution in [0.4, 0.5) is 0 Å². The summed E-state index contributed by atoms with van der Waals surface area (Å²) < 4.78 is 0. The van der Waals surface area contributed by atoms with Gasteiger partial charge >= 0.3 is 0 Å². The summed E-state index contributed by atoms with van der Waals surface area (Å²) in [6.07, 6.45) is 9.98. The average Bonchev–Trinajstić information content (AvgIpc) is 2.69. The van der Waals surface area contributed by atoms with Crippen LogP contribution in [0, 0.1) is 5.41 Å². The SMILES string of the molecule is CN1CCC2(CCNCC2)CC1.CN1CCCCC1.CN1CCN(C)CC1.